The van der Waals surface area contributed by atoms with E-state index in [9.17, 15) is 12.8 Å². The highest BCUT2D eigenvalue weighted by Crippen LogP contribution is 2.31. The SMILES string of the molecule is COc1ccc(F)cc1S(=O)(=O)N1CCC(Cn2cnc3ccccc32)CC1. The van der Waals surface area contributed by atoms with Gasteiger partial charge in [-0.05, 0) is 49.1 Å². The maximum Gasteiger partial charge on any atom is 0.246 e. The Morgan fingerprint density at radius 2 is 1.93 bits per heavy atom. The fraction of sp³-hybridized carbons (Fsp3) is 0.350. The maximum atomic E-state index is 13.6. The summed E-state index contributed by atoms with van der Waals surface area (Å²) in [6, 6.07) is 11.5. The molecule has 1 aliphatic heterocycles. The number of imidazole rings is 1. The van der Waals surface area contributed by atoms with Crippen molar-refractivity contribution in [1.82, 2.24) is 13.9 Å². The van der Waals surface area contributed by atoms with Crippen molar-refractivity contribution in [2.75, 3.05) is 20.2 Å². The Morgan fingerprint density at radius 3 is 2.68 bits per heavy atom. The minimum atomic E-state index is -3.80. The van der Waals surface area contributed by atoms with E-state index >= 15 is 0 Å². The predicted molar refractivity (Wildman–Crippen MR) is 104 cm³/mol. The summed E-state index contributed by atoms with van der Waals surface area (Å²) in [5, 5.41) is 0. The van der Waals surface area contributed by atoms with Crippen molar-refractivity contribution in [2.24, 2.45) is 5.92 Å². The predicted octanol–water partition coefficient (Wildman–Crippen LogP) is 3.28. The second kappa shape index (κ2) is 7.52. The molecule has 0 saturated carbocycles. The van der Waals surface area contributed by atoms with E-state index in [1.54, 1.807) is 0 Å². The largest absolute Gasteiger partial charge is 0.495 e. The number of methoxy groups -OCH3 is 1. The fourth-order valence-corrected chi connectivity index (χ4v) is 5.39. The van der Waals surface area contributed by atoms with Gasteiger partial charge in [-0.15, -0.1) is 0 Å². The quantitative estimate of drug-likeness (QED) is 0.656. The van der Waals surface area contributed by atoms with Crippen molar-refractivity contribution in [1.29, 1.82) is 0 Å². The number of fused-ring (bicyclic) bond motifs is 1. The van der Waals surface area contributed by atoms with E-state index in [4.69, 9.17) is 4.74 Å². The van der Waals surface area contributed by atoms with Crippen LogP contribution in [0, 0.1) is 11.7 Å². The van der Waals surface area contributed by atoms with Crippen molar-refractivity contribution in [2.45, 2.75) is 24.3 Å². The Morgan fingerprint density at radius 1 is 1.18 bits per heavy atom. The minimum absolute atomic E-state index is 0.117. The van der Waals surface area contributed by atoms with Crippen molar-refractivity contribution in [3.63, 3.8) is 0 Å². The van der Waals surface area contributed by atoms with Gasteiger partial charge in [0.1, 0.15) is 16.5 Å². The van der Waals surface area contributed by atoms with Crippen LogP contribution in [0.3, 0.4) is 0 Å². The Balaban J connectivity index is 1.47. The van der Waals surface area contributed by atoms with Crippen molar-refractivity contribution >= 4 is 21.1 Å². The molecule has 28 heavy (non-hydrogen) atoms. The fourth-order valence-electron chi connectivity index (χ4n) is 3.76. The third-order valence-electron chi connectivity index (χ3n) is 5.30. The smallest absolute Gasteiger partial charge is 0.246 e. The van der Waals surface area contributed by atoms with Gasteiger partial charge in [-0.1, -0.05) is 12.1 Å². The van der Waals surface area contributed by atoms with Gasteiger partial charge in [-0.2, -0.15) is 4.31 Å². The molecule has 1 saturated heterocycles. The van der Waals surface area contributed by atoms with Crippen molar-refractivity contribution < 1.29 is 17.5 Å². The molecule has 2 aromatic carbocycles. The van der Waals surface area contributed by atoms with E-state index in [2.05, 4.69) is 9.55 Å². The molecular formula is C20H22FN3O3S. The number of rotatable bonds is 5. The molecule has 0 radical (unpaired) electrons. The molecule has 2 heterocycles. The van der Waals surface area contributed by atoms with Crippen LogP contribution in [0.1, 0.15) is 12.8 Å². The molecule has 0 atom stereocenters. The Labute approximate surface area is 163 Å². The Kier molecular flexibility index (Phi) is 5.07. The van der Waals surface area contributed by atoms with Gasteiger partial charge in [-0.25, -0.2) is 17.8 Å². The number of hydrogen-bond acceptors (Lipinski definition) is 4. The van der Waals surface area contributed by atoms with Gasteiger partial charge in [0.15, 0.2) is 0 Å². The van der Waals surface area contributed by atoms with Crippen LogP contribution in [0.25, 0.3) is 11.0 Å². The molecule has 1 aliphatic rings. The number of benzene rings is 2. The van der Waals surface area contributed by atoms with Gasteiger partial charge >= 0.3 is 0 Å². The van der Waals surface area contributed by atoms with E-state index < -0.39 is 15.8 Å². The average molecular weight is 403 g/mol. The topological polar surface area (TPSA) is 64.4 Å². The first-order chi connectivity index (χ1) is 13.5. The lowest BCUT2D eigenvalue weighted by molar-refractivity contribution is 0.254. The molecule has 0 unspecified atom stereocenters. The molecule has 1 aromatic heterocycles. The van der Waals surface area contributed by atoms with Crippen LogP contribution in [-0.4, -0.2) is 42.5 Å². The second-order valence-corrected chi connectivity index (χ2v) is 8.93. The van der Waals surface area contributed by atoms with Gasteiger partial charge in [0, 0.05) is 19.6 Å². The lowest BCUT2D eigenvalue weighted by Crippen LogP contribution is -2.39. The normalized spacial score (nSPS) is 16.5. The molecule has 0 amide bonds. The van der Waals surface area contributed by atoms with Crippen LogP contribution in [-0.2, 0) is 16.6 Å². The highest BCUT2D eigenvalue weighted by atomic mass is 32.2. The molecule has 8 heteroatoms. The van der Waals surface area contributed by atoms with Crippen molar-refractivity contribution in [3.8, 4) is 5.75 Å². The van der Waals surface area contributed by atoms with Gasteiger partial charge < -0.3 is 9.30 Å². The molecule has 6 nitrogen and oxygen atoms in total. The summed E-state index contributed by atoms with van der Waals surface area (Å²) in [5.74, 6) is -0.0758. The van der Waals surface area contributed by atoms with Gasteiger partial charge in [-0.3, -0.25) is 0 Å². The first kappa shape index (κ1) is 18.9. The molecule has 3 aromatic rings. The van der Waals surface area contributed by atoms with Gasteiger partial charge in [0.2, 0.25) is 10.0 Å². The third kappa shape index (κ3) is 3.49. The second-order valence-electron chi connectivity index (χ2n) is 7.03. The first-order valence-electron chi connectivity index (χ1n) is 9.22. The van der Waals surface area contributed by atoms with Crippen molar-refractivity contribution in [3.05, 3.63) is 54.6 Å². The zero-order chi connectivity index (χ0) is 19.7. The number of ether oxygens (including phenoxy) is 1. The first-order valence-corrected chi connectivity index (χ1v) is 10.7. The summed E-state index contributed by atoms with van der Waals surface area (Å²) in [6.07, 6.45) is 3.32. The summed E-state index contributed by atoms with van der Waals surface area (Å²) >= 11 is 0. The summed E-state index contributed by atoms with van der Waals surface area (Å²) in [4.78, 5) is 4.30. The lowest BCUT2D eigenvalue weighted by atomic mass is 9.98. The number of halogens is 1. The number of para-hydroxylation sites is 2. The molecule has 1 fully saturated rings. The highest BCUT2D eigenvalue weighted by molar-refractivity contribution is 7.89. The molecule has 0 spiro atoms. The van der Waals surface area contributed by atoms with E-state index in [1.807, 2.05) is 30.6 Å². The van der Waals surface area contributed by atoms with Gasteiger partial charge in [0.25, 0.3) is 0 Å². The van der Waals surface area contributed by atoms with Crippen LogP contribution in [0.5, 0.6) is 5.75 Å². The van der Waals surface area contributed by atoms with E-state index in [0.29, 0.717) is 19.0 Å². The molecule has 0 bridgehead atoms. The highest BCUT2D eigenvalue weighted by Gasteiger charge is 2.32. The monoisotopic (exact) mass is 403 g/mol. The Hall–Kier alpha value is -2.45. The van der Waals surface area contributed by atoms with Gasteiger partial charge in [0.05, 0.1) is 24.5 Å². The molecule has 4 rings (SSSR count). The summed E-state index contributed by atoms with van der Waals surface area (Å²) in [5.41, 5.74) is 2.04. The summed E-state index contributed by atoms with van der Waals surface area (Å²) in [6.45, 7) is 1.61. The van der Waals surface area contributed by atoms with Crippen LogP contribution in [0.15, 0.2) is 53.7 Å². The standard InChI is InChI=1S/C20H22FN3O3S/c1-27-19-7-6-16(21)12-20(19)28(25,26)24-10-8-15(9-11-24)13-23-14-22-17-4-2-3-5-18(17)23/h2-7,12,14-15H,8-11,13H2,1H3. The van der Waals surface area contributed by atoms with Crippen LogP contribution in [0.4, 0.5) is 4.39 Å². The van der Waals surface area contributed by atoms with Crippen LogP contribution < -0.4 is 4.74 Å². The van der Waals surface area contributed by atoms with E-state index in [0.717, 1.165) is 36.5 Å². The summed E-state index contributed by atoms with van der Waals surface area (Å²) in [7, 11) is -2.42. The van der Waals surface area contributed by atoms with E-state index in [-0.39, 0.29) is 10.6 Å². The van der Waals surface area contributed by atoms with E-state index in [1.165, 1.54) is 23.5 Å². The maximum absolute atomic E-state index is 13.6. The van der Waals surface area contributed by atoms with Crippen LogP contribution >= 0.6 is 0 Å². The number of nitrogens with zero attached hydrogens (tertiary/aromatic N) is 3. The molecule has 0 aliphatic carbocycles. The molecule has 148 valence electrons. The zero-order valence-electron chi connectivity index (χ0n) is 15.6. The summed E-state index contributed by atoms with van der Waals surface area (Å²) < 4.78 is 48.3. The lowest BCUT2D eigenvalue weighted by Gasteiger charge is -2.31. The Bertz CT molecular complexity index is 1090. The molecular weight excluding hydrogens is 381 g/mol. The average Bonchev–Trinajstić information content (AvgIpc) is 3.11. The number of hydrogen-bond donors (Lipinski definition) is 0. The zero-order valence-corrected chi connectivity index (χ0v) is 16.4. The third-order valence-corrected chi connectivity index (χ3v) is 7.22. The number of sulfonamides is 1. The number of piperidine rings is 1. The molecule has 0 N–H and O–H groups in total. The number of aromatic nitrogens is 2. The minimum Gasteiger partial charge on any atom is -0.495 e. The van der Waals surface area contributed by atoms with Crippen LogP contribution in [0.2, 0.25) is 0 Å².